The Kier molecular flexibility index (Phi) is 3.89. The molecule has 1 aromatic heterocycles. The van der Waals surface area contributed by atoms with Gasteiger partial charge in [-0.05, 0) is 19.8 Å². The second kappa shape index (κ2) is 4.96. The van der Waals surface area contributed by atoms with Gasteiger partial charge in [-0.1, -0.05) is 13.0 Å². The lowest BCUT2D eigenvalue weighted by atomic mass is 10.1. The molecule has 1 unspecified atom stereocenters. The number of nitrogens with one attached hydrogen (secondary N) is 1. The molecular formula is C11H18N2O. The highest BCUT2D eigenvalue weighted by molar-refractivity contribution is 5.16. The average Bonchev–Trinajstić information content (AvgIpc) is 2.48. The molecule has 3 heteroatoms. The van der Waals surface area contributed by atoms with E-state index in [0.717, 1.165) is 30.1 Å². The van der Waals surface area contributed by atoms with Crippen LogP contribution in [-0.2, 0) is 6.42 Å². The van der Waals surface area contributed by atoms with E-state index < -0.39 is 6.10 Å². The average molecular weight is 194 g/mol. The minimum atomic E-state index is -0.519. The van der Waals surface area contributed by atoms with Crippen molar-refractivity contribution in [2.24, 2.45) is 0 Å². The number of H-pyrrole nitrogens is 1. The van der Waals surface area contributed by atoms with Gasteiger partial charge in [-0.15, -0.1) is 6.58 Å². The molecule has 0 radical (unpaired) electrons. The van der Waals surface area contributed by atoms with Crippen molar-refractivity contribution in [3.05, 3.63) is 29.9 Å². The molecule has 3 nitrogen and oxygen atoms in total. The van der Waals surface area contributed by atoms with Gasteiger partial charge in [0.25, 0.3) is 0 Å². The third-order valence-electron chi connectivity index (χ3n) is 2.16. The molecule has 0 bridgehead atoms. The van der Waals surface area contributed by atoms with Crippen LogP contribution in [0.2, 0.25) is 0 Å². The number of hydrogen-bond donors (Lipinski definition) is 2. The van der Waals surface area contributed by atoms with Gasteiger partial charge in [0, 0.05) is 12.1 Å². The molecule has 1 aromatic rings. The minimum Gasteiger partial charge on any atom is -0.386 e. The third-order valence-corrected chi connectivity index (χ3v) is 2.16. The Hall–Kier alpha value is -1.09. The molecule has 0 saturated carbocycles. The van der Waals surface area contributed by atoms with E-state index in [0.29, 0.717) is 6.42 Å². The summed E-state index contributed by atoms with van der Waals surface area (Å²) in [6, 6.07) is 0. The molecule has 1 atom stereocenters. The zero-order valence-electron chi connectivity index (χ0n) is 8.88. The fraction of sp³-hybridized carbons (Fsp3) is 0.545. The molecule has 14 heavy (non-hydrogen) atoms. The zero-order chi connectivity index (χ0) is 10.6. The molecule has 0 aliphatic heterocycles. The van der Waals surface area contributed by atoms with Crippen LogP contribution in [0.1, 0.15) is 43.1 Å². The highest BCUT2D eigenvalue weighted by Gasteiger charge is 2.13. The van der Waals surface area contributed by atoms with Gasteiger partial charge in [0.05, 0.1) is 5.69 Å². The number of hydrogen-bond acceptors (Lipinski definition) is 2. The Morgan fingerprint density at radius 2 is 2.36 bits per heavy atom. The number of rotatable bonds is 5. The number of aromatic nitrogens is 2. The topological polar surface area (TPSA) is 48.9 Å². The summed E-state index contributed by atoms with van der Waals surface area (Å²) >= 11 is 0. The van der Waals surface area contributed by atoms with Gasteiger partial charge in [0.15, 0.2) is 0 Å². The standard InChI is InChI=1S/C11H18N2O/c1-4-6-9(14)11-8(3)12-10(13-11)7-5-2/h4,9,14H,1,5-7H2,2-3H3,(H,12,13). The summed E-state index contributed by atoms with van der Waals surface area (Å²) in [6.45, 7) is 7.65. The zero-order valence-corrected chi connectivity index (χ0v) is 8.88. The number of aliphatic hydroxyl groups excluding tert-OH is 1. The lowest BCUT2D eigenvalue weighted by molar-refractivity contribution is 0.176. The van der Waals surface area contributed by atoms with Crippen LogP contribution in [0.25, 0.3) is 0 Å². The van der Waals surface area contributed by atoms with E-state index >= 15 is 0 Å². The van der Waals surface area contributed by atoms with Crippen molar-refractivity contribution in [2.75, 3.05) is 0 Å². The molecule has 0 amide bonds. The molecule has 78 valence electrons. The van der Waals surface area contributed by atoms with E-state index in [4.69, 9.17) is 0 Å². The monoisotopic (exact) mass is 194 g/mol. The smallest absolute Gasteiger partial charge is 0.106 e. The van der Waals surface area contributed by atoms with E-state index in [9.17, 15) is 5.11 Å². The molecule has 0 fully saturated rings. The summed E-state index contributed by atoms with van der Waals surface area (Å²) in [4.78, 5) is 7.54. The quantitative estimate of drug-likeness (QED) is 0.706. The Morgan fingerprint density at radius 1 is 1.64 bits per heavy atom. The van der Waals surface area contributed by atoms with Gasteiger partial charge in [0.1, 0.15) is 11.9 Å². The van der Waals surface area contributed by atoms with Crippen LogP contribution in [0.4, 0.5) is 0 Å². The first-order valence-corrected chi connectivity index (χ1v) is 5.03. The highest BCUT2D eigenvalue weighted by atomic mass is 16.3. The van der Waals surface area contributed by atoms with Crippen LogP contribution in [0.3, 0.4) is 0 Å². The summed E-state index contributed by atoms with van der Waals surface area (Å²) in [7, 11) is 0. The lowest BCUT2D eigenvalue weighted by Crippen LogP contribution is -1.98. The Balaban J connectivity index is 2.80. The first-order valence-electron chi connectivity index (χ1n) is 5.03. The van der Waals surface area contributed by atoms with Crippen LogP contribution in [-0.4, -0.2) is 15.1 Å². The third kappa shape index (κ3) is 2.45. The second-order valence-corrected chi connectivity index (χ2v) is 3.48. The Bertz CT molecular complexity index is 304. The molecule has 0 saturated heterocycles. The predicted octanol–water partition coefficient (Wildman–Crippen LogP) is 2.28. The molecule has 2 N–H and O–H groups in total. The first-order chi connectivity index (χ1) is 6.69. The SMILES string of the molecule is C=CCC(O)c1nc(CCC)[nH]c1C. The predicted molar refractivity (Wildman–Crippen MR) is 57.1 cm³/mol. The van der Waals surface area contributed by atoms with Crippen molar-refractivity contribution in [2.45, 2.75) is 39.2 Å². The maximum absolute atomic E-state index is 9.73. The van der Waals surface area contributed by atoms with Crippen molar-refractivity contribution in [1.29, 1.82) is 0 Å². The van der Waals surface area contributed by atoms with Crippen LogP contribution in [0, 0.1) is 6.92 Å². The molecule has 1 rings (SSSR count). The van der Waals surface area contributed by atoms with Crippen molar-refractivity contribution in [3.63, 3.8) is 0 Å². The normalized spacial score (nSPS) is 12.8. The maximum atomic E-state index is 9.73. The van der Waals surface area contributed by atoms with E-state index in [2.05, 4.69) is 23.5 Å². The highest BCUT2D eigenvalue weighted by Crippen LogP contribution is 2.18. The Morgan fingerprint density at radius 3 is 2.93 bits per heavy atom. The molecule has 0 aromatic carbocycles. The first kappa shape index (κ1) is 11.0. The lowest BCUT2D eigenvalue weighted by Gasteiger charge is -2.04. The van der Waals surface area contributed by atoms with E-state index in [1.807, 2.05) is 6.92 Å². The number of aromatic amines is 1. The molecule has 0 aliphatic rings. The van der Waals surface area contributed by atoms with E-state index in [1.165, 1.54) is 0 Å². The summed E-state index contributed by atoms with van der Waals surface area (Å²) in [5, 5.41) is 9.73. The van der Waals surface area contributed by atoms with Crippen LogP contribution in [0.5, 0.6) is 0 Å². The van der Waals surface area contributed by atoms with Crippen molar-refractivity contribution >= 4 is 0 Å². The number of aliphatic hydroxyl groups is 1. The summed E-state index contributed by atoms with van der Waals surface area (Å²) in [5.41, 5.74) is 1.72. The van der Waals surface area contributed by atoms with Crippen LogP contribution >= 0.6 is 0 Å². The van der Waals surface area contributed by atoms with E-state index in [-0.39, 0.29) is 0 Å². The number of imidazole rings is 1. The summed E-state index contributed by atoms with van der Waals surface area (Å²) in [5.74, 6) is 0.961. The minimum absolute atomic E-state index is 0.519. The van der Waals surface area contributed by atoms with Gasteiger partial charge in [-0.2, -0.15) is 0 Å². The fourth-order valence-corrected chi connectivity index (χ4v) is 1.49. The van der Waals surface area contributed by atoms with Crippen molar-refractivity contribution < 1.29 is 5.11 Å². The second-order valence-electron chi connectivity index (χ2n) is 3.48. The van der Waals surface area contributed by atoms with Crippen LogP contribution in [0.15, 0.2) is 12.7 Å². The molecular weight excluding hydrogens is 176 g/mol. The molecule has 0 spiro atoms. The van der Waals surface area contributed by atoms with Crippen LogP contribution < -0.4 is 0 Å². The summed E-state index contributed by atoms with van der Waals surface area (Å²) < 4.78 is 0. The van der Waals surface area contributed by atoms with Gasteiger partial charge >= 0.3 is 0 Å². The fourth-order valence-electron chi connectivity index (χ4n) is 1.49. The number of nitrogens with zero attached hydrogens (tertiary/aromatic N) is 1. The van der Waals surface area contributed by atoms with Gasteiger partial charge in [-0.25, -0.2) is 4.98 Å². The van der Waals surface area contributed by atoms with E-state index in [1.54, 1.807) is 6.08 Å². The van der Waals surface area contributed by atoms with Gasteiger partial charge in [0.2, 0.25) is 0 Å². The van der Waals surface area contributed by atoms with Gasteiger partial charge in [-0.3, -0.25) is 0 Å². The molecule has 1 heterocycles. The Labute approximate surface area is 84.9 Å². The molecule has 0 aliphatic carbocycles. The van der Waals surface area contributed by atoms with Crippen molar-refractivity contribution in [1.82, 2.24) is 9.97 Å². The van der Waals surface area contributed by atoms with Crippen molar-refractivity contribution in [3.8, 4) is 0 Å². The largest absolute Gasteiger partial charge is 0.386 e. The van der Waals surface area contributed by atoms with Gasteiger partial charge < -0.3 is 10.1 Å². The number of aryl methyl sites for hydroxylation is 2. The maximum Gasteiger partial charge on any atom is 0.106 e. The summed E-state index contributed by atoms with van der Waals surface area (Å²) in [6.07, 6.45) is 3.73.